The first kappa shape index (κ1) is 25.0. The van der Waals surface area contributed by atoms with E-state index in [2.05, 4.69) is 15.0 Å². The lowest BCUT2D eigenvalue weighted by Crippen LogP contribution is -2.33. The highest BCUT2D eigenvalue weighted by Gasteiger charge is 2.46. The summed E-state index contributed by atoms with van der Waals surface area (Å²) in [6.07, 6.45) is -0.639. The van der Waals surface area contributed by atoms with Crippen LogP contribution in [-0.2, 0) is 18.4 Å². The maximum absolute atomic E-state index is 11.9. The van der Waals surface area contributed by atoms with Crippen molar-refractivity contribution in [3.8, 4) is 0 Å². The van der Waals surface area contributed by atoms with Crippen molar-refractivity contribution in [2.45, 2.75) is 43.7 Å². The van der Waals surface area contributed by atoms with E-state index in [1.54, 1.807) is 6.07 Å². The summed E-state index contributed by atoms with van der Waals surface area (Å²) in [6.45, 7) is 1.01. The molecule has 2 aromatic heterocycles. The van der Waals surface area contributed by atoms with Crippen LogP contribution in [-0.4, -0.2) is 83.4 Å². The van der Waals surface area contributed by atoms with Crippen molar-refractivity contribution >= 4 is 38.1 Å². The molecule has 2 saturated heterocycles. The van der Waals surface area contributed by atoms with E-state index in [1.165, 1.54) is 10.7 Å². The van der Waals surface area contributed by atoms with Crippen LogP contribution in [0.3, 0.4) is 0 Å². The molecule has 4 heterocycles. The standard InChI is InChI=1S/C17H25ClN4O9P2/c18-13-6-10(21-4-2-1-3-5-21)17-19-7-11(22(17)20-13)16-15(24)14(23)12(31-16)8-30-33(28,29)9-32(25,26)27/h6-7,12,14-16,23-24H,1-5,8-9H2,(H,28,29)(H2,25,26,27)/t12-,14-,15-,16+/m1/s1. The van der Waals surface area contributed by atoms with Crippen LogP contribution in [0.4, 0.5) is 5.69 Å². The van der Waals surface area contributed by atoms with Gasteiger partial charge in [-0.3, -0.25) is 9.13 Å². The minimum absolute atomic E-state index is 0.203. The number of hydrogen-bond acceptors (Lipinski definition) is 9. The molecule has 0 spiro atoms. The van der Waals surface area contributed by atoms with E-state index < -0.39 is 52.1 Å². The van der Waals surface area contributed by atoms with Crippen LogP contribution in [0.1, 0.15) is 31.1 Å². The molecule has 13 nitrogen and oxygen atoms in total. The number of imidazole rings is 1. The first-order valence-electron chi connectivity index (χ1n) is 10.3. The summed E-state index contributed by atoms with van der Waals surface area (Å²) in [7, 11) is -9.45. The molecular weight excluding hydrogens is 502 g/mol. The van der Waals surface area contributed by atoms with Crippen molar-refractivity contribution in [3.63, 3.8) is 0 Å². The van der Waals surface area contributed by atoms with Gasteiger partial charge in [0.15, 0.2) is 16.7 Å². The lowest BCUT2D eigenvalue weighted by atomic mass is 10.1. The number of aliphatic hydroxyl groups excluding tert-OH is 2. The molecule has 2 aromatic rings. The van der Waals surface area contributed by atoms with Gasteiger partial charge in [-0.15, -0.1) is 0 Å². The molecule has 16 heteroatoms. The number of fused-ring (bicyclic) bond motifs is 1. The largest absolute Gasteiger partial charge is 0.387 e. The molecular formula is C17H25ClN4O9P2. The summed E-state index contributed by atoms with van der Waals surface area (Å²) >= 11 is 6.24. The van der Waals surface area contributed by atoms with E-state index in [0.717, 1.165) is 38.0 Å². The Hall–Kier alpha value is -1.11. The molecule has 2 fully saturated rings. The summed E-state index contributed by atoms with van der Waals surface area (Å²) in [5, 5.41) is 25.4. The lowest BCUT2D eigenvalue weighted by molar-refractivity contribution is -0.0204. The topological polar surface area (TPSA) is 187 Å². The van der Waals surface area contributed by atoms with Gasteiger partial charge in [-0.05, 0) is 19.3 Å². The molecule has 33 heavy (non-hydrogen) atoms. The lowest BCUT2D eigenvalue weighted by Gasteiger charge is -2.29. The molecule has 0 bridgehead atoms. The summed E-state index contributed by atoms with van der Waals surface area (Å²) in [6, 6.07) is 1.72. The molecule has 0 saturated carbocycles. The van der Waals surface area contributed by atoms with E-state index >= 15 is 0 Å². The minimum atomic E-state index is -4.80. The van der Waals surface area contributed by atoms with Gasteiger partial charge in [0, 0.05) is 19.2 Å². The number of ether oxygens (including phenoxy) is 1. The summed E-state index contributed by atoms with van der Waals surface area (Å²) in [5.74, 6) is -1.37. The normalized spacial score (nSPS) is 28.4. The molecule has 1 unspecified atom stereocenters. The van der Waals surface area contributed by atoms with E-state index in [0.29, 0.717) is 11.3 Å². The van der Waals surface area contributed by atoms with E-state index in [-0.39, 0.29) is 5.15 Å². The third kappa shape index (κ3) is 5.59. The predicted octanol–water partition coefficient (Wildman–Crippen LogP) is 0.872. The number of anilines is 1. The highest BCUT2D eigenvalue weighted by atomic mass is 35.5. The molecule has 5 atom stereocenters. The summed E-state index contributed by atoms with van der Waals surface area (Å²) in [4.78, 5) is 34.0. The molecule has 2 aliphatic heterocycles. The van der Waals surface area contributed by atoms with Gasteiger partial charge in [0.2, 0.25) is 0 Å². The third-order valence-electron chi connectivity index (χ3n) is 5.60. The quantitative estimate of drug-likeness (QED) is 0.321. The van der Waals surface area contributed by atoms with Gasteiger partial charge in [-0.25, -0.2) is 9.50 Å². The van der Waals surface area contributed by atoms with Crippen LogP contribution >= 0.6 is 26.8 Å². The molecule has 184 valence electrons. The number of hydrogen-bond donors (Lipinski definition) is 5. The van der Waals surface area contributed by atoms with Crippen LogP contribution in [0.25, 0.3) is 5.65 Å². The smallest absolute Gasteiger partial charge is 0.340 e. The average molecular weight is 527 g/mol. The summed E-state index contributed by atoms with van der Waals surface area (Å²) < 4.78 is 34.7. The Labute approximate surface area is 193 Å². The molecule has 2 aliphatic rings. The number of piperidine rings is 1. The number of nitrogens with zero attached hydrogens (tertiary/aromatic N) is 4. The first-order valence-corrected chi connectivity index (χ1v) is 14.2. The number of rotatable bonds is 7. The SMILES string of the molecule is O=P(O)(O)CP(=O)(O)OC[C@H]1O[C@@H](c2cnc3c(N4CCCCC4)cc(Cl)nn23)[C@H](O)[C@@H]1O. The van der Waals surface area contributed by atoms with E-state index in [9.17, 15) is 24.2 Å². The Bertz CT molecular complexity index is 1110. The van der Waals surface area contributed by atoms with Gasteiger partial charge < -0.3 is 39.1 Å². The zero-order valence-electron chi connectivity index (χ0n) is 17.3. The molecule has 5 N–H and O–H groups in total. The zero-order valence-corrected chi connectivity index (χ0v) is 19.9. The maximum atomic E-state index is 11.9. The van der Waals surface area contributed by atoms with Crippen molar-refractivity contribution in [1.82, 2.24) is 14.6 Å². The highest BCUT2D eigenvalue weighted by Crippen LogP contribution is 2.55. The maximum Gasteiger partial charge on any atom is 0.340 e. The van der Waals surface area contributed by atoms with Gasteiger partial charge in [0.05, 0.1) is 24.2 Å². The van der Waals surface area contributed by atoms with Crippen molar-refractivity contribution in [1.29, 1.82) is 0 Å². The van der Waals surface area contributed by atoms with Crippen molar-refractivity contribution < 1.29 is 43.3 Å². The second kappa shape index (κ2) is 9.50. The monoisotopic (exact) mass is 526 g/mol. The van der Waals surface area contributed by atoms with Crippen molar-refractivity contribution in [3.05, 3.63) is 23.1 Å². The average Bonchev–Trinajstić information content (AvgIpc) is 3.26. The second-order valence-electron chi connectivity index (χ2n) is 8.13. The number of halogens is 1. The molecule has 0 aliphatic carbocycles. The Morgan fingerprint density at radius 1 is 1.15 bits per heavy atom. The Balaban J connectivity index is 1.55. The van der Waals surface area contributed by atoms with Crippen LogP contribution in [0.2, 0.25) is 5.15 Å². The second-order valence-corrected chi connectivity index (χ2v) is 12.5. The molecule has 4 rings (SSSR count). The van der Waals surface area contributed by atoms with Gasteiger partial charge in [-0.2, -0.15) is 5.10 Å². The van der Waals surface area contributed by atoms with Gasteiger partial charge in [0.25, 0.3) is 0 Å². The number of aromatic nitrogens is 3. The fraction of sp³-hybridized carbons (Fsp3) is 0.647. The number of aliphatic hydroxyl groups is 2. The molecule has 0 amide bonds. The fourth-order valence-electron chi connectivity index (χ4n) is 4.10. The van der Waals surface area contributed by atoms with E-state index in [4.69, 9.17) is 30.6 Å². The Kier molecular flexibility index (Phi) is 7.20. The minimum Gasteiger partial charge on any atom is -0.387 e. The first-order chi connectivity index (χ1) is 15.5. The van der Waals surface area contributed by atoms with Crippen LogP contribution < -0.4 is 4.90 Å². The van der Waals surface area contributed by atoms with Gasteiger partial charge in [0.1, 0.15) is 24.4 Å². The van der Waals surface area contributed by atoms with Crippen LogP contribution in [0.15, 0.2) is 12.3 Å². The predicted molar refractivity (Wildman–Crippen MR) is 116 cm³/mol. The Morgan fingerprint density at radius 2 is 1.85 bits per heavy atom. The zero-order chi connectivity index (χ0) is 24.0. The Morgan fingerprint density at radius 3 is 2.52 bits per heavy atom. The molecule has 0 aromatic carbocycles. The van der Waals surface area contributed by atoms with Crippen molar-refractivity contribution in [2.24, 2.45) is 0 Å². The van der Waals surface area contributed by atoms with Crippen molar-refractivity contribution in [2.75, 3.05) is 30.5 Å². The summed E-state index contributed by atoms with van der Waals surface area (Å²) in [5.41, 5.74) is 1.59. The van der Waals surface area contributed by atoms with Gasteiger partial charge in [-0.1, -0.05) is 11.6 Å². The van der Waals surface area contributed by atoms with E-state index in [1.807, 2.05) is 0 Å². The fourth-order valence-corrected chi connectivity index (χ4v) is 6.84. The third-order valence-corrected chi connectivity index (χ3v) is 9.24. The van der Waals surface area contributed by atoms with Crippen LogP contribution in [0, 0.1) is 0 Å². The van der Waals surface area contributed by atoms with Gasteiger partial charge >= 0.3 is 15.2 Å². The molecule has 0 radical (unpaired) electrons. The highest BCUT2D eigenvalue weighted by molar-refractivity contribution is 7.70. The van der Waals surface area contributed by atoms with Crippen LogP contribution in [0.5, 0.6) is 0 Å².